The third kappa shape index (κ3) is 4.51. The Hall–Kier alpha value is -2.18. The van der Waals surface area contributed by atoms with E-state index in [0.717, 1.165) is 36.4 Å². The number of carbonyl (C=O) groups is 1. The number of nitrogens with zero attached hydrogens (tertiary/aromatic N) is 2. The lowest BCUT2D eigenvalue weighted by Gasteiger charge is -2.15. The molecule has 1 N–H and O–H groups in total. The quantitative estimate of drug-likeness (QED) is 0.788. The van der Waals surface area contributed by atoms with E-state index in [1.54, 1.807) is 7.11 Å². The van der Waals surface area contributed by atoms with Crippen molar-refractivity contribution in [1.29, 1.82) is 0 Å². The number of aryl methyl sites for hydroxylation is 1. The molecular weight excluding hydrogens is 330 g/mol. The number of amides is 1. The first-order valence-corrected chi connectivity index (χ1v) is 9.17. The highest BCUT2D eigenvalue weighted by atomic mass is 16.5. The van der Waals surface area contributed by atoms with E-state index in [2.05, 4.69) is 5.32 Å². The molecule has 1 amide bonds. The number of ether oxygens (including phenoxy) is 2. The zero-order valence-corrected chi connectivity index (χ0v) is 15.5. The SMILES string of the molecule is COCCn1nc(CCC(=O)NC(C)c2ccccc2)c2c1CCOC2. The van der Waals surface area contributed by atoms with Gasteiger partial charge in [-0.3, -0.25) is 9.48 Å². The maximum Gasteiger partial charge on any atom is 0.220 e. The predicted octanol–water partition coefficient (Wildman–Crippen LogP) is 2.41. The Morgan fingerprint density at radius 2 is 2.19 bits per heavy atom. The van der Waals surface area contributed by atoms with Crippen molar-refractivity contribution in [3.8, 4) is 0 Å². The molecular formula is C20H27N3O3. The molecule has 2 heterocycles. The lowest BCUT2D eigenvalue weighted by molar-refractivity contribution is -0.121. The minimum absolute atomic E-state index is 0.000193. The molecule has 1 unspecified atom stereocenters. The molecule has 6 nitrogen and oxygen atoms in total. The van der Waals surface area contributed by atoms with Crippen LogP contribution in [0.2, 0.25) is 0 Å². The van der Waals surface area contributed by atoms with Crippen LogP contribution in [0.3, 0.4) is 0 Å². The molecule has 0 bridgehead atoms. The number of aromatic nitrogens is 2. The fraction of sp³-hybridized carbons (Fsp3) is 0.500. The van der Waals surface area contributed by atoms with Crippen molar-refractivity contribution >= 4 is 5.91 Å². The fourth-order valence-corrected chi connectivity index (χ4v) is 3.31. The summed E-state index contributed by atoms with van der Waals surface area (Å²) >= 11 is 0. The molecule has 140 valence electrons. The summed E-state index contributed by atoms with van der Waals surface area (Å²) in [5.74, 6) is 0.0401. The van der Waals surface area contributed by atoms with Crippen molar-refractivity contribution in [3.05, 3.63) is 52.8 Å². The third-order valence-corrected chi connectivity index (χ3v) is 4.75. The van der Waals surface area contributed by atoms with E-state index >= 15 is 0 Å². The van der Waals surface area contributed by atoms with Gasteiger partial charge >= 0.3 is 0 Å². The number of benzene rings is 1. The van der Waals surface area contributed by atoms with Crippen LogP contribution in [0.5, 0.6) is 0 Å². The Kier molecular flexibility index (Phi) is 6.41. The molecule has 1 aliphatic rings. The average molecular weight is 357 g/mol. The van der Waals surface area contributed by atoms with Gasteiger partial charge in [0.1, 0.15) is 0 Å². The van der Waals surface area contributed by atoms with E-state index in [-0.39, 0.29) is 11.9 Å². The normalized spacial score (nSPS) is 14.7. The van der Waals surface area contributed by atoms with Crippen molar-refractivity contribution in [1.82, 2.24) is 15.1 Å². The summed E-state index contributed by atoms with van der Waals surface area (Å²) in [5, 5.41) is 7.78. The Labute approximate surface area is 154 Å². The smallest absolute Gasteiger partial charge is 0.220 e. The summed E-state index contributed by atoms with van der Waals surface area (Å²) in [6.45, 7) is 4.67. The van der Waals surface area contributed by atoms with Gasteiger partial charge in [-0.25, -0.2) is 0 Å². The van der Waals surface area contributed by atoms with Gasteiger partial charge in [0, 0.05) is 37.6 Å². The highest BCUT2D eigenvalue weighted by Crippen LogP contribution is 2.22. The molecule has 0 saturated heterocycles. The van der Waals surface area contributed by atoms with Crippen LogP contribution in [0.1, 0.15) is 41.9 Å². The largest absolute Gasteiger partial charge is 0.383 e. The van der Waals surface area contributed by atoms with Crippen molar-refractivity contribution in [2.45, 2.75) is 45.4 Å². The molecule has 6 heteroatoms. The van der Waals surface area contributed by atoms with E-state index in [1.807, 2.05) is 41.9 Å². The zero-order valence-electron chi connectivity index (χ0n) is 15.5. The first kappa shape index (κ1) is 18.6. The van der Waals surface area contributed by atoms with Crippen LogP contribution in [0.4, 0.5) is 0 Å². The maximum absolute atomic E-state index is 12.4. The number of hydrogen-bond donors (Lipinski definition) is 1. The number of nitrogens with one attached hydrogen (secondary N) is 1. The lowest BCUT2D eigenvalue weighted by atomic mass is 10.1. The Balaban J connectivity index is 1.60. The second-order valence-corrected chi connectivity index (χ2v) is 6.59. The second kappa shape index (κ2) is 8.96. The van der Waals surface area contributed by atoms with Crippen LogP contribution in [-0.4, -0.2) is 36.0 Å². The molecule has 0 saturated carbocycles. The zero-order chi connectivity index (χ0) is 18.4. The van der Waals surface area contributed by atoms with Crippen LogP contribution in [0.15, 0.2) is 30.3 Å². The topological polar surface area (TPSA) is 65.4 Å². The summed E-state index contributed by atoms with van der Waals surface area (Å²) < 4.78 is 12.8. The predicted molar refractivity (Wildman–Crippen MR) is 98.8 cm³/mol. The number of methoxy groups -OCH3 is 1. The summed E-state index contributed by atoms with van der Waals surface area (Å²) in [5.41, 5.74) is 4.45. The van der Waals surface area contributed by atoms with E-state index in [9.17, 15) is 4.79 Å². The molecule has 1 aliphatic heterocycles. The number of rotatable bonds is 8. The summed E-state index contributed by atoms with van der Waals surface area (Å²) in [7, 11) is 1.69. The average Bonchev–Trinajstić information content (AvgIpc) is 3.03. The van der Waals surface area contributed by atoms with Gasteiger partial charge in [0.2, 0.25) is 5.91 Å². The number of hydrogen-bond acceptors (Lipinski definition) is 4. The molecule has 0 spiro atoms. The summed E-state index contributed by atoms with van der Waals surface area (Å²) in [6.07, 6.45) is 1.91. The van der Waals surface area contributed by atoms with Crippen molar-refractivity contribution in [3.63, 3.8) is 0 Å². The molecule has 3 rings (SSSR count). The van der Waals surface area contributed by atoms with E-state index in [4.69, 9.17) is 14.6 Å². The fourth-order valence-electron chi connectivity index (χ4n) is 3.31. The monoisotopic (exact) mass is 357 g/mol. The molecule has 1 aromatic carbocycles. The molecule has 2 aromatic rings. The number of fused-ring (bicyclic) bond motifs is 1. The van der Waals surface area contributed by atoms with Gasteiger partial charge in [0.25, 0.3) is 0 Å². The first-order chi connectivity index (χ1) is 12.7. The standard InChI is InChI=1S/C20H27N3O3/c1-15(16-6-4-3-5-7-16)21-20(24)9-8-18-17-14-26-12-10-19(17)23(22-18)11-13-25-2/h3-7,15H,8-14H2,1-2H3,(H,21,24). The van der Waals surface area contributed by atoms with Crippen LogP contribution in [0, 0.1) is 0 Å². The number of carbonyl (C=O) groups excluding carboxylic acids is 1. The lowest BCUT2D eigenvalue weighted by Crippen LogP contribution is -2.27. The van der Waals surface area contributed by atoms with Crippen LogP contribution in [-0.2, 0) is 40.3 Å². The molecule has 0 aliphatic carbocycles. The third-order valence-electron chi connectivity index (χ3n) is 4.75. The van der Waals surface area contributed by atoms with Gasteiger partial charge in [-0.15, -0.1) is 0 Å². The van der Waals surface area contributed by atoms with Crippen LogP contribution >= 0.6 is 0 Å². The van der Waals surface area contributed by atoms with E-state index in [0.29, 0.717) is 26.1 Å². The van der Waals surface area contributed by atoms with Gasteiger partial charge in [-0.1, -0.05) is 30.3 Å². The summed E-state index contributed by atoms with van der Waals surface area (Å²) in [4.78, 5) is 12.4. The molecule has 0 fully saturated rings. The van der Waals surface area contributed by atoms with Gasteiger partial charge < -0.3 is 14.8 Å². The first-order valence-electron chi connectivity index (χ1n) is 9.17. The maximum atomic E-state index is 12.4. The molecule has 1 atom stereocenters. The highest BCUT2D eigenvalue weighted by Gasteiger charge is 2.21. The van der Waals surface area contributed by atoms with E-state index in [1.165, 1.54) is 5.69 Å². The second-order valence-electron chi connectivity index (χ2n) is 6.59. The minimum Gasteiger partial charge on any atom is -0.383 e. The molecule has 26 heavy (non-hydrogen) atoms. The van der Waals surface area contributed by atoms with Crippen LogP contribution < -0.4 is 5.32 Å². The van der Waals surface area contributed by atoms with E-state index < -0.39 is 0 Å². The van der Waals surface area contributed by atoms with Crippen LogP contribution in [0.25, 0.3) is 0 Å². The Bertz CT molecular complexity index is 727. The summed E-state index contributed by atoms with van der Waals surface area (Å²) in [6, 6.07) is 9.99. The van der Waals surface area contributed by atoms with Gasteiger partial charge in [-0.05, 0) is 12.5 Å². The highest BCUT2D eigenvalue weighted by molar-refractivity contribution is 5.76. The van der Waals surface area contributed by atoms with Crippen molar-refractivity contribution < 1.29 is 14.3 Å². The van der Waals surface area contributed by atoms with Gasteiger partial charge in [0.15, 0.2) is 0 Å². The Morgan fingerprint density at radius 1 is 1.38 bits per heavy atom. The van der Waals surface area contributed by atoms with Crippen molar-refractivity contribution in [2.75, 3.05) is 20.3 Å². The van der Waals surface area contributed by atoms with Crippen molar-refractivity contribution in [2.24, 2.45) is 0 Å². The molecule has 1 aromatic heterocycles. The minimum atomic E-state index is 0.000193. The Morgan fingerprint density at radius 3 is 2.96 bits per heavy atom. The van der Waals surface area contributed by atoms with Gasteiger partial charge in [-0.2, -0.15) is 5.10 Å². The molecule has 0 radical (unpaired) electrons. The van der Waals surface area contributed by atoms with Gasteiger partial charge in [0.05, 0.1) is 38.1 Å².